The van der Waals surface area contributed by atoms with Crippen LogP contribution in [0.25, 0.3) is 0 Å². The zero-order valence-corrected chi connectivity index (χ0v) is 7.18. The van der Waals surface area contributed by atoms with E-state index in [9.17, 15) is 13.6 Å². The molecule has 0 heterocycles. The minimum absolute atomic E-state index is 0.0116. The Morgan fingerprint density at radius 3 is 2.36 bits per heavy atom. The van der Waals surface area contributed by atoms with Crippen LogP contribution < -0.4 is 16.6 Å². The molecule has 4 nitrogen and oxygen atoms in total. The minimum Gasteiger partial charge on any atom is -0.333 e. The Bertz CT molecular complexity index is 323. The highest BCUT2D eigenvalue weighted by Gasteiger charge is 2.01. The van der Waals surface area contributed by atoms with Crippen molar-refractivity contribution in [2.75, 3.05) is 0 Å². The molecule has 0 unspecified atom stereocenters. The smallest absolute Gasteiger partial charge is 0.329 e. The van der Waals surface area contributed by atoms with Crippen LogP contribution in [0.2, 0.25) is 0 Å². The van der Waals surface area contributed by atoms with Crippen molar-refractivity contribution >= 4 is 6.03 Å². The van der Waals surface area contributed by atoms with Crippen molar-refractivity contribution in [2.45, 2.75) is 6.54 Å². The molecular formula is C8H9F2N3O. The van der Waals surface area contributed by atoms with Gasteiger partial charge in [-0.15, -0.1) is 0 Å². The Balaban J connectivity index is 2.63. The third-order valence-corrected chi connectivity index (χ3v) is 1.51. The number of carbonyl (C=O) groups excluding carboxylic acids is 1. The van der Waals surface area contributed by atoms with Crippen LogP contribution in [-0.4, -0.2) is 6.03 Å². The summed E-state index contributed by atoms with van der Waals surface area (Å²) in [6, 6.07) is 2.39. The van der Waals surface area contributed by atoms with Gasteiger partial charge >= 0.3 is 6.03 Å². The van der Waals surface area contributed by atoms with Gasteiger partial charge in [-0.2, -0.15) is 0 Å². The number of halogens is 2. The molecule has 0 aliphatic heterocycles. The van der Waals surface area contributed by atoms with Crippen LogP contribution in [0.1, 0.15) is 5.56 Å². The number of carbonyl (C=O) groups is 1. The fraction of sp³-hybridized carbons (Fsp3) is 0.125. The molecule has 0 bridgehead atoms. The van der Waals surface area contributed by atoms with E-state index < -0.39 is 17.7 Å². The first-order valence-electron chi connectivity index (χ1n) is 3.81. The van der Waals surface area contributed by atoms with E-state index in [1.54, 1.807) is 0 Å². The maximum absolute atomic E-state index is 12.6. The van der Waals surface area contributed by atoms with Gasteiger partial charge in [0.1, 0.15) is 11.6 Å². The summed E-state index contributed by atoms with van der Waals surface area (Å²) in [5.41, 5.74) is 2.15. The highest BCUT2D eigenvalue weighted by atomic mass is 19.1. The Kier molecular flexibility index (Phi) is 3.35. The molecule has 4 N–H and O–H groups in total. The molecule has 0 aromatic heterocycles. The van der Waals surface area contributed by atoms with Gasteiger partial charge in [-0.1, -0.05) is 0 Å². The van der Waals surface area contributed by atoms with E-state index in [1.807, 2.05) is 5.43 Å². The first kappa shape index (κ1) is 10.4. The predicted molar refractivity (Wildman–Crippen MR) is 45.9 cm³/mol. The van der Waals surface area contributed by atoms with Gasteiger partial charge in [0.15, 0.2) is 0 Å². The van der Waals surface area contributed by atoms with Gasteiger partial charge < -0.3 is 5.32 Å². The Morgan fingerprint density at radius 1 is 1.29 bits per heavy atom. The van der Waals surface area contributed by atoms with Gasteiger partial charge in [0.25, 0.3) is 0 Å². The molecule has 0 fully saturated rings. The average Bonchev–Trinajstić information content (AvgIpc) is 2.12. The van der Waals surface area contributed by atoms with Gasteiger partial charge in [0.2, 0.25) is 0 Å². The maximum Gasteiger partial charge on any atom is 0.329 e. The van der Waals surface area contributed by atoms with E-state index in [1.165, 1.54) is 0 Å². The Labute approximate surface area is 79.1 Å². The van der Waals surface area contributed by atoms with E-state index in [0.717, 1.165) is 18.2 Å². The van der Waals surface area contributed by atoms with Crippen molar-refractivity contribution in [1.29, 1.82) is 0 Å². The van der Waals surface area contributed by atoms with Crippen LogP contribution in [0.4, 0.5) is 13.6 Å². The summed E-state index contributed by atoms with van der Waals surface area (Å²) in [7, 11) is 0. The lowest BCUT2D eigenvalue weighted by atomic mass is 10.2. The summed E-state index contributed by atoms with van der Waals surface area (Å²) in [6.07, 6.45) is 0. The van der Waals surface area contributed by atoms with Crippen molar-refractivity contribution < 1.29 is 13.6 Å². The van der Waals surface area contributed by atoms with Gasteiger partial charge in [-0.05, 0) is 17.7 Å². The number of rotatable bonds is 2. The standard InChI is InChI=1S/C8H9F2N3O/c9-6-1-5(2-7(10)3-6)4-12-8(14)13-11/h1-3H,4,11H2,(H2,12,13,14). The molecule has 0 spiro atoms. The van der Waals surface area contributed by atoms with Crippen molar-refractivity contribution in [3.8, 4) is 0 Å². The van der Waals surface area contributed by atoms with Crippen LogP contribution >= 0.6 is 0 Å². The minimum atomic E-state index is -0.685. The molecule has 2 amide bonds. The van der Waals surface area contributed by atoms with Gasteiger partial charge in [-0.25, -0.2) is 19.4 Å². The van der Waals surface area contributed by atoms with Gasteiger partial charge in [0.05, 0.1) is 0 Å². The lowest BCUT2D eigenvalue weighted by Gasteiger charge is -2.04. The topological polar surface area (TPSA) is 67.1 Å². The molecule has 1 aromatic rings. The zero-order valence-electron chi connectivity index (χ0n) is 7.18. The molecule has 0 radical (unpaired) electrons. The predicted octanol–water partition coefficient (Wildman–Crippen LogP) is 0.638. The second kappa shape index (κ2) is 4.52. The number of hydrazine groups is 1. The van der Waals surface area contributed by atoms with Crippen LogP contribution in [0.3, 0.4) is 0 Å². The summed E-state index contributed by atoms with van der Waals surface area (Å²) < 4.78 is 25.3. The number of nitrogens with two attached hydrogens (primary N) is 1. The molecule has 0 aliphatic carbocycles. The van der Waals surface area contributed by atoms with Crippen LogP contribution in [0.5, 0.6) is 0 Å². The van der Waals surface area contributed by atoms with Crippen molar-refractivity contribution in [3.05, 3.63) is 35.4 Å². The second-order valence-electron chi connectivity index (χ2n) is 2.60. The van der Waals surface area contributed by atoms with E-state index >= 15 is 0 Å². The highest BCUT2D eigenvalue weighted by molar-refractivity contribution is 5.72. The monoisotopic (exact) mass is 201 g/mol. The summed E-state index contributed by atoms with van der Waals surface area (Å²) in [5.74, 6) is 3.42. The molecule has 0 saturated heterocycles. The zero-order chi connectivity index (χ0) is 10.6. The average molecular weight is 201 g/mol. The normalized spacial score (nSPS) is 9.64. The van der Waals surface area contributed by atoms with Crippen molar-refractivity contribution in [3.63, 3.8) is 0 Å². The van der Waals surface area contributed by atoms with Crippen molar-refractivity contribution in [1.82, 2.24) is 10.7 Å². The molecule has 0 saturated carbocycles. The maximum atomic E-state index is 12.6. The lowest BCUT2D eigenvalue weighted by Crippen LogP contribution is -2.39. The molecule has 6 heteroatoms. The van der Waals surface area contributed by atoms with E-state index in [-0.39, 0.29) is 6.54 Å². The molecule has 1 aromatic carbocycles. The van der Waals surface area contributed by atoms with E-state index in [0.29, 0.717) is 5.56 Å². The highest BCUT2D eigenvalue weighted by Crippen LogP contribution is 2.07. The summed E-state index contributed by atoms with van der Waals surface area (Å²) in [6.45, 7) is 0.0116. The van der Waals surface area contributed by atoms with Gasteiger partial charge in [-0.3, -0.25) is 5.43 Å². The van der Waals surface area contributed by atoms with Crippen LogP contribution in [0.15, 0.2) is 18.2 Å². The molecule has 14 heavy (non-hydrogen) atoms. The molecule has 76 valence electrons. The molecule has 0 aliphatic rings. The van der Waals surface area contributed by atoms with Gasteiger partial charge in [0, 0.05) is 12.6 Å². The number of amides is 2. The number of hydrogen-bond donors (Lipinski definition) is 3. The fourth-order valence-corrected chi connectivity index (χ4v) is 0.946. The third-order valence-electron chi connectivity index (χ3n) is 1.51. The SMILES string of the molecule is NNC(=O)NCc1cc(F)cc(F)c1. The first-order valence-corrected chi connectivity index (χ1v) is 3.81. The molecular weight excluding hydrogens is 192 g/mol. The summed E-state index contributed by atoms with van der Waals surface area (Å²) >= 11 is 0. The van der Waals surface area contributed by atoms with Crippen molar-refractivity contribution in [2.24, 2.45) is 5.84 Å². The number of hydrogen-bond acceptors (Lipinski definition) is 2. The second-order valence-corrected chi connectivity index (χ2v) is 2.60. The Hall–Kier alpha value is -1.69. The molecule has 1 rings (SSSR count). The number of nitrogens with one attached hydrogen (secondary N) is 2. The Morgan fingerprint density at radius 2 is 1.86 bits per heavy atom. The summed E-state index contributed by atoms with van der Waals surface area (Å²) in [5, 5.41) is 2.29. The van der Waals surface area contributed by atoms with Crippen LogP contribution in [-0.2, 0) is 6.54 Å². The number of urea groups is 1. The van der Waals surface area contributed by atoms with Crippen LogP contribution in [0, 0.1) is 11.6 Å². The fourth-order valence-electron chi connectivity index (χ4n) is 0.946. The number of benzene rings is 1. The molecule has 0 atom stereocenters. The first-order chi connectivity index (χ1) is 6.61. The third kappa shape index (κ3) is 2.98. The lowest BCUT2D eigenvalue weighted by molar-refractivity contribution is 0.240. The van der Waals surface area contributed by atoms with E-state index in [4.69, 9.17) is 5.84 Å². The largest absolute Gasteiger partial charge is 0.333 e. The quantitative estimate of drug-likeness (QED) is 0.373. The summed E-state index contributed by atoms with van der Waals surface area (Å²) in [4.78, 5) is 10.6. The van der Waals surface area contributed by atoms with E-state index in [2.05, 4.69) is 5.32 Å².